The monoisotopic (exact) mass is 463 g/mol. The van der Waals surface area contributed by atoms with E-state index in [1.54, 1.807) is 6.07 Å². The zero-order valence-electron chi connectivity index (χ0n) is 16.3. The quantitative estimate of drug-likeness (QED) is 0.386. The molecule has 1 amide bonds. The highest BCUT2D eigenvalue weighted by Crippen LogP contribution is 2.37. The molecule has 0 spiro atoms. The highest BCUT2D eigenvalue weighted by molar-refractivity contribution is 6.31. The van der Waals surface area contributed by atoms with Crippen LogP contribution in [0, 0.1) is 22.9 Å². The van der Waals surface area contributed by atoms with Gasteiger partial charge in [-0.05, 0) is 19.1 Å². The molecule has 3 rings (SSSR count). The minimum atomic E-state index is -5.01. The Morgan fingerprint density at radius 3 is 2.42 bits per heavy atom. The average Bonchev–Trinajstić information content (AvgIpc) is 3.02. The molecule has 1 aromatic heterocycles. The molecule has 0 N–H and O–H groups in total. The molecule has 168 valence electrons. The number of benzene rings is 1. The van der Waals surface area contributed by atoms with Gasteiger partial charge in [0.25, 0.3) is 0 Å². The number of rotatable bonds is 5. The second-order valence-electron chi connectivity index (χ2n) is 7.05. The van der Waals surface area contributed by atoms with Gasteiger partial charge in [0, 0.05) is 43.3 Å². The van der Waals surface area contributed by atoms with Crippen molar-refractivity contribution in [2.24, 2.45) is 0 Å². The first-order chi connectivity index (χ1) is 14.5. The zero-order valence-corrected chi connectivity index (χ0v) is 17.1. The molecule has 1 saturated heterocycles. The highest BCUT2D eigenvalue weighted by Gasteiger charge is 2.44. The minimum Gasteiger partial charge on any atom is -0.339 e. The third kappa shape index (κ3) is 4.96. The van der Waals surface area contributed by atoms with Crippen molar-refractivity contribution in [1.82, 2.24) is 19.6 Å². The first-order valence-corrected chi connectivity index (χ1v) is 9.59. The number of alkyl halides is 3. The second-order valence-corrected chi connectivity index (χ2v) is 7.46. The predicted octanol–water partition coefficient (Wildman–Crippen LogP) is 3.26. The van der Waals surface area contributed by atoms with Crippen molar-refractivity contribution in [2.45, 2.75) is 26.2 Å². The molecule has 1 aromatic carbocycles. The molecule has 0 bridgehead atoms. The lowest BCUT2D eigenvalue weighted by atomic mass is 10.2. The first kappa shape index (κ1) is 22.9. The van der Waals surface area contributed by atoms with Crippen LogP contribution in [0.15, 0.2) is 18.2 Å². The Morgan fingerprint density at radius 1 is 1.26 bits per heavy atom. The van der Waals surface area contributed by atoms with Crippen molar-refractivity contribution in [2.75, 3.05) is 26.2 Å². The van der Waals surface area contributed by atoms with Crippen LogP contribution in [0.4, 0.5) is 23.2 Å². The number of halogens is 5. The smallest absolute Gasteiger partial charge is 0.339 e. The summed E-state index contributed by atoms with van der Waals surface area (Å²) in [6, 6.07) is 4.39. The lowest BCUT2D eigenvalue weighted by Crippen LogP contribution is -2.49. The number of amides is 1. The summed E-state index contributed by atoms with van der Waals surface area (Å²) in [6.45, 7) is 2.16. The topological polar surface area (TPSA) is 84.5 Å². The lowest BCUT2D eigenvalue weighted by Gasteiger charge is -2.35. The predicted molar refractivity (Wildman–Crippen MR) is 102 cm³/mol. The summed E-state index contributed by atoms with van der Waals surface area (Å²) < 4.78 is 53.8. The third-order valence-electron chi connectivity index (χ3n) is 5.08. The Kier molecular flexibility index (Phi) is 6.51. The zero-order chi connectivity index (χ0) is 22.9. The van der Waals surface area contributed by atoms with Gasteiger partial charge >= 0.3 is 11.9 Å². The maximum absolute atomic E-state index is 14.0. The van der Waals surface area contributed by atoms with E-state index >= 15 is 0 Å². The van der Waals surface area contributed by atoms with Crippen LogP contribution in [0.3, 0.4) is 0 Å². The fourth-order valence-corrected chi connectivity index (χ4v) is 3.61. The first-order valence-electron chi connectivity index (χ1n) is 9.21. The Hall–Kier alpha value is -2.73. The third-order valence-corrected chi connectivity index (χ3v) is 5.43. The normalized spacial score (nSPS) is 15.4. The van der Waals surface area contributed by atoms with Crippen LogP contribution < -0.4 is 0 Å². The number of nitrogens with zero attached hydrogens (tertiary/aromatic N) is 5. The summed E-state index contributed by atoms with van der Waals surface area (Å²) in [7, 11) is 0. The van der Waals surface area contributed by atoms with Crippen molar-refractivity contribution in [3.8, 4) is 0 Å². The molecule has 2 aromatic rings. The maximum atomic E-state index is 14.0. The molecule has 1 aliphatic rings. The molecule has 2 heterocycles. The molecule has 1 aliphatic heterocycles. The Balaban J connectivity index is 1.65. The van der Waals surface area contributed by atoms with Crippen LogP contribution in [0.5, 0.6) is 0 Å². The number of piperazine rings is 1. The summed E-state index contributed by atoms with van der Waals surface area (Å²) in [4.78, 5) is 25.8. The van der Waals surface area contributed by atoms with Crippen molar-refractivity contribution in [3.63, 3.8) is 0 Å². The van der Waals surface area contributed by atoms with E-state index in [1.165, 1.54) is 17.0 Å². The molecular formula is C18H18ClF4N5O3. The SMILES string of the molecule is Cc1c([N+](=O)[O-])c(C(F)(F)F)nn1CC(=O)N1CCN(Cc2c(F)cccc2Cl)CC1. The van der Waals surface area contributed by atoms with Gasteiger partial charge in [-0.3, -0.25) is 24.5 Å². The molecule has 0 atom stereocenters. The van der Waals surface area contributed by atoms with Gasteiger partial charge in [0.2, 0.25) is 11.6 Å². The highest BCUT2D eigenvalue weighted by atomic mass is 35.5. The molecule has 0 aliphatic carbocycles. The Labute approximate surface area is 179 Å². The van der Waals surface area contributed by atoms with E-state index in [2.05, 4.69) is 5.10 Å². The summed E-state index contributed by atoms with van der Waals surface area (Å²) in [5, 5.41) is 14.6. The van der Waals surface area contributed by atoms with Gasteiger partial charge in [0.05, 0.1) is 4.92 Å². The van der Waals surface area contributed by atoms with Crippen molar-refractivity contribution in [1.29, 1.82) is 0 Å². The molecule has 0 unspecified atom stereocenters. The van der Waals surface area contributed by atoms with E-state index < -0.39 is 40.8 Å². The van der Waals surface area contributed by atoms with E-state index in [4.69, 9.17) is 11.6 Å². The summed E-state index contributed by atoms with van der Waals surface area (Å²) >= 11 is 6.03. The van der Waals surface area contributed by atoms with Gasteiger partial charge in [0.1, 0.15) is 18.1 Å². The summed E-state index contributed by atoms with van der Waals surface area (Å²) in [5.74, 6) is -0.944. The van der Waals surface area contributed by atoms with Crippen LogP contribution in [0.25, 0.3) is 0 Å². The molecule has 31 heavy (non-hydrogen) atoms. The van der Waals surface area contributed by atoms with Gasteiger partial charge in [-0.15, -0.1) is 0 Å². The lowest BCUT2D eigenvalue weighted by molar-refractivity contribution is -0.388. The Morgan fingerprint density at radius 2 is 1.90 bits per heavy atom. The van der Waals surface area contributed by atoms with Crippen LogP contribution in [-0.2, 0) is 24.1 Å². The van der Waals surface area contributed by atoms with Crippen LogP contribution in [-0.4, -0.2) is 56.6 Å². The molecular weight excluding hydrogens is 446 g/mol. The van der Waals surface area contributed by atoms with Crippen LogP contribution in [0.2, 0.25) is 5.02 Å². The Bertz CT molecular complexity index is 983. The number of aromatic nitrogens is 2. The number of hydrogen-bond donors (Lipinski definition) is 0. The average molecular weight is 464 g/mol. The number of carbonyl (C=O) groups excluding carboxylic acids is 1. The molecule has 1 fully saturated rings. The van der Waals surface area contributed by atoms with E-state index in [0.717, 1.165) is 6.92 Å². The largest absolute Gasteiger partial charge is 0.442 e. The van der Waals surface area contributed by atoms with Gasteiger partial charge in [0.15, 0.2) is 0 Å². The van der Waals surface area contributed by atoms with Crippen LogP contribution in [0.1, 0.15) is 17.0 Å². The van der Waals surface area contributed by atoms with Gasteiger partial charge in [-0.1, -0.05) is 17.7 Å². The number of nitro groups is 1. The van der Waals surface area contributed by atoms with Crippen molar-refractivity contribution >= 4 is 23.2 Å². The fraction of sp³-hybridized carbons (Fsp3) is 0.444. The number of hydrogen-bond acceptors (Lipinski definition) is 5. The molecule has 13 heteroatoms. The van der Waals surface area contributed by atoms with Crippen molar-refractivity contribution < 1.29 is 27.3 Å². The second kappa shape index (κ2) is 8.79. The summed E-state index contributed by atoms with van der Waals surface area (Å²) in [5.41, 5.74) is -2.79. The van der Waals surface area contributed by atoms with E-state index in [0.29, 0.717) is 28.4 Å². The van der Waals surface area contributed by atoms with E-state index in [1.807, 2.05) is 4.90 Å². The molecule has 0 radical (unpaired) electrons. The van der Waals surface area contributed by atoms with Crippen molar-refractivity contribution in [3.05, 3.63) is 56.1 Å². The molecule has 0 saturated carbocycles. The summed E-state index contributed by atoms with van der Waals surface area (Å²) in [6.07, 6.45) is -5.01. The van der Waals surface area contributed by atoms with Gasteiger partial charge < -0.3 is 4.90 Å². The fourth-order valence-electron chi connectivity index (χ4n) is 3.39. The van der Waals surface area contributed by atoms with E-state index in [9.17, 15) is 32.5 Å². The van der Waals surface area contributed by atoms with Crippen LogP contribution >= 0.6 is 11.6 Å². The maximum Gasteiger partial charge on any atom is 0.442 e. The van der Waals surface area contributed by atoms with Gasteiger partial charge in [-0.2, -0.15) is 18.3 Å². The minimum absolute atomic E-state index is 0.257. The standard InChI is InChI=1S/C18H18ClF4N5O3/c1-11-16(28(30)31)17(18(21,22)23)24-27(11)10-15(29)26-7-5-25(6-8-26)9-12-13(19)3-2-4-14(12)20/h2-4H,5-10H2,1H3. The van der Waals surface area contributed by atoms with Gasteiger partial charge in [-0.25, -0.2) is 4.39 Å². The van der Waals surface area contributed by atoms with E-state index in [-0.39, 0.29) is 25.3 Å². The molecule has 8 nitrogen and oxygen atoms in total. The number of carbonyl (C=O) groups is 1.